The minimum Gasteiger partial charge on any atom is -0.330 e. The summed E-state index contributed by atoms with van der Waals surface area (Å²) in [4.78, 5) is 17.9. The van der Waals surface area contributed by atoms with Crippen molar-refractivity contribution in [1.82, 2.24) is 19.7 Å². The summed E-state index contributed by atoms with van der Waals surface area (Å²) >= 11 is 5.01. The van der Waals surface area contributed by atoms with E-state index in [-0.39, 0.29) is 11.9 Å². The number of rotatable bonds is 7. The maximum absolute atomic E-state index is 13.3. The lowest BCUT2D eigenvalue weighted by Crippen LogP contribution is -2.40. The van der Waals surface area contributed by atoms with Crippen LogP contribution in [0.1, 0.15) is 45.9 Å². The number of hydrogen-bond acceptors (Lipinski definition) is 6. The number of thiophene rings is 2. The van der Waals surface area contributed by atoms with E-state index in [1.807, 2.05) is 11.0 Å². The zero-order chi connectivity index (χ0) is 19.8. The summed E-state index contributed by atoms with van der Waals surface area (Å²) in [6.45, 7) is 5.32. The first-order valence-corrected chi connectivity index (χ1v) is 12.6. The fraction of sp³-hybridized carbons (Fsp3) is 0.381. The summed E-state index contributed by atoms with van der Waals surface area (Å²) < 4.78 is 2.12. The summed E-state index contributed by atoms with van der Waals surface area (Å²) in [6, 6.07) is 6.42. The Hall–Kier alpha value is -1.90. The van der Waals surface area contributed by atoms with E-state index in [1.165, 1.54) is 39.9 Å². The molecule has 5 nitrogen and oxygen atoms in total. The lowest BCUT2D eigenvalue weighted by atomic mass is 9.98. The average molecular weight is 443 g/mol. The molecular weight excluding hydrogens is 420 g/mol. The Kier molecular flexibility index (Phi) is 5.32. The van der Waals surface area contributed by atoms with Crippen molar-refractivity contribution in [3.63, 3.8) is 0 Å². The van der Waals surface area contributed by atoms with Crippen LogP contribution < -0.4 is 0 Å². The molecule has 1 amide bonds. The van der Waals surface area contributed by atoms with Crippen LogP contribution >= 0.6 is 34.4 Å². The molecule has 29 heavy (non-hydrogen) atoms. The molecule has 2 aliphatic rings. The molecule has 0 N–H and O–H groups in total. The number of allylic oxidation sites excluding steroid dienone is 1. The number of thioether (sulfide) groups is 1. The third-order valence-electron chi connectivity index (χ3n) is 5.42. The van der Waals surface area contributed by atoms with E-state index in [1.54, 1.807) is 22.7 Å². The van der Waals surface area contributed by atoms with Gasteiger partial charge in [0.1, 0.15) is 5.82 Å². The van der Waals surface area contributed by atoms with Crippen LogP contribution in [0.3, 0.4) is 0 Å². The Labute approximate surface area is 182 Å². The second-order valence-corrected chi connectivity index (χ2v) is 10.3. The van der Waals surface area contributed by atoms with Crippen molar-refractivity contribution in [2.75, 3.05) is 12.3 Å². The summed E-state index contributed by atoms with van der Waals surface area (Å²) in [7, 11) is 0. The molecule has 8 heteroatoms. The summed E-state index contributed by atoms with van der Waals surface area (Å²) in [5.74, 6) is 2.10. The molecule has 0 saturated heterocycles. The predicted molar refractivity (Wildman–Crippen MR) is 119 cm³/mol. The molecule has 0 spiro atoms. The Morgan fingerprint density at radius 1 is 1.28 bits per heavy atom. The molecule has 150 valence electrons. The van der Waals surface area contributed by atoms with Crippen molar-refractivity contribution in [1.29, 1.82) is 0 Å². The van der Waals surface area contributed by atoms with Gasteiger partial charge in [-0.2, -0.15) is 0 Å². The van der Waals surface area contributed by atoms with Crippen molar-refractivity contribution in [3.8, 4) is 0 Å². The Morgan fingerprint density at radius 2 is 2.17 bits per heavy atom. The molecular formula is C21H22N4OS3. The van der Waals surface area contributed by atoms with Gasteiger partial charge in [-0.25, -0.2) is 0 Å². The molecule has 3 aromatic heterocycles. The third kappa shape index (κ3) is 3.69. The molecule has 1 atom stereocenters. The number of amides is 1. The standard InChI is InChI=1S/C21H22N4OS3/c1-2-9-25-20(14-5-6-14)22-23-21(25)29-13-18(26)24-10-7-16-15(8-12-28-16)19(24)17-4-3-11-27-17/h2-4,8,11-12,14,19H,1,5-7,9-10,13H2. The van der Waals surface area contributed by atoms with Crippen LogP contribution in [0, 0.1) is 0 Å². The third-order valence-corrected chi connectivity index (χ3v) is 8.30. The van der Waals surface area contributed by atoms with Gasteiger partial charge in [0.05, 0.1) is 11.8 Å². The number of nitrogens with zero attached hydrogens (tertiary/aromatic N) is 4. The van der Waals surface area contributed by atoms with Crippen LogP contribution in [0.25, 0.3) is 0 Å². The SMILES string of the molecule is C=CCn1c(SCC(=O)N2CCc3sccc3C2c2cccs2)nnc1C1CC1. The van der Waals surface area contributed by atoms with Crippen molar-refractivity contribution in [2.24, 2.45) is 0 Å². The molecule has 0 aromatic carbocycles. The smallest absolute Gasteiger partial charge is 0.233 e. The highest BCUT2D eigenvalue weighted by molar-refractivity contribution is 7.99. The average Bonchev–Trinajstić information content (AvgIpc) is 3.14. The van der Waals surface area contributed by atoms with Gasteiger partial charge in [0, 0.05) is 28.8 Å². The predicted octanol–water partition coefficient (Wildman–Crippen LogP) is 4.73. The van der Waals surface area contributed by atoms with Gasteiger partial charge in [-0.3, -0.25) is 4.79 Å². The van der Waals surface area contributed by atoms with Crippen molar-refractivity contribution in [2.45, 2.75) is 42.9 Å². The van der Waals surface area contributed by atoms with Crippen LogP contribution in [0.15, 0.2) is 46.8 Å². The van der Waals surface area contributed by atoms with Crippen molar-refractivity contribution in [3.05, 3.63) is 62.8 Å². The number of fused-ring (bicyclic) bond motifs is 1. The zero-order valence-corrected chi connectivity index (χ0v) is 18.4. The first kappa shape index (κ1) is 19.1. The maximum Gasteiger partial charge on any atom is 0.233 e. The summed E-state index contributed by atoms with van der Waals surface area (Å²) in [5, 5.41) is 13.8. The normalized spacial score (nSPS) is 18.6. The van der Waals surface area contributed by atoms with E-state index < -0.39 is 0 Å². The summed E-state index contributed by atoms with van der Waals surface area (Å²) in [6.07, 6.45) is 5.16. The Balaban J connectivity index is 1.35. The molecule has 1 aliphatic carbocycles. The minimum absolute atomic E-state index is 0.0335. The zero-order valence-electron chi connectivity index (χ0n) is 16.0. The number of carbonyl (C=O) groups is 1. The molecule has 1 fully saturated rings. The van der Waals surface area contributed by atoms with Crippen LogP contribution in [0.5, 0.6) is 0 Å². The monoisotopic (exact) mass is 442 g/mol. The van der Waals surface area contributed by atoms with E-state index >= 15 is 0 Å². The Bertz CT molecular complexity index is 1020. The highest BCUT2D eigenvalue weighted by Gasteiger charge is 2.34. The quantitative estimate of drug-likeness (QED) is 0.392. The van der Waals surface area contributed by atoms with E-state index in [0.29, 0.717) is 18.2 Å². The van der Waals surface area contributed by atoms with Gasteiger partial charge in [-0.1, -0.05) is 23.9 Å². The molecule has 4 heterocycles. The van der Waals surface area contributed by atoms with E-state index in [0.717, 1.165) is 23.9 Å². The fourth-order valence-electron chi connectivity index (χ4n) is 3.90. The van der Waals surface area contributed by atoms with Gasteiger partial charge in [-0.15, -0.1) is 39.4 Å². The van der Waals surface area contributed by atoms with E-state index in [4.69, 9.17) is 0 Å². The Morgan fingerprint density at radius 3 is 2.93 bits per heavy atom. The first-order valence-electron chi connectivity index (χ1n) is 9.82. The molecule has 5 rings (SSSR count). The second kappa shape index (κ2) is 8.08. The van der Waals surface area contributed by atoms with Crippen molar-refractivity contribution < 1.29 is 4.79 Å². The topological polar surface area (TPSA) is 51.0 Å². The number of hydrogen-bond donors (Lipinski definition) is 0. The van der Waals surface area contributed by atoms with Crippen LogP contribution in [0.4, 0.5) is 0 Å². The fourth-order valence-corrected chi connectivity index (χ4v) is 6.50. The summed E-state index contributed by atoms with van der Waals surface area (Å²) in [5.41, 5.74) is 1.29. The number of aromatic nitrogens is 3. The van der Waals surface area contributed by atoms with Gasteiger partial charge < -0.3 is 9.47 Å². The molecule has 0 bridgehead atoms. The maximum atomic E-state index is 13.3. The van der Waals surface area contributed by atoms with E-state index in [2.05, 4.69) is 50.3 Å². The van der Waals surface area contributed by atoms with Crippen LogP contribution in [-0.2, 0) is 17.8 Å². The van der Waals surface area contributed by atoms with Gasteiger partial charge in [-0.05, 0) is 47.7 Å². The minimum atomic E-state index is 0.0335. The van der Waals surface area contributed by atoms with Crippen LogP contribution in [0.2, 0.25) is 0 Å². The highest BCUT2D eigenvalue weighted by atomic mass is 32.2. The lowest BCUT2D eigenvalue weighted by molar-refractivity contribution is -0.130. The molecule has 3 aromatic rings. The van der Waals surface area contributed by atoms with Gasteiger partial charge in [0.15, 0.2) is 5.16 Å². The lowest BCUT2D eigenvalue weighted by Gasteiger charge is -2.35. The second-order valence-electron chi connectivity index (χ2n) is 7.36. The molecule has 1 unspecified atom stereocenters. The highest BCUT2D eigenvalue weighted by Crippen LogP contribution is 2.41. The van der Waals surface area contributed by atoms with Gasteiger partial charge in [0.2, 0.25) is 5.91 Å². The molecule has 1 aliphatic heterocycles. The van der Waals surface area contributed by atoms with Crippen molar-refractivity contribution >= 4 is 40.3 Å². The van der Waals surface area contributed by atoms with E-state index in [9.17, 15) is 4.79 Å². The molecule has 1 saturated carbocycles. The van der Waals surface area contributed by atoms with Gasteiger partial charge in [0.25, 0.3) is 0 Å². The number of carbonyl (C=O) groups excluding carboxylic acids is 1. The van der Waals surface area contributed by atoms with Gasteiger partial charge >= 0.3 is 0 Å². The largest absolute Gasteiger partial charge is 0.330 e. The molecule has 0 radical (unpaired) electrons. The first-order chi connectivity index (χ1) is 14.3. The van der Waals surface area contributed by atoms with Crippen LogP contribution in [-0.4, -0.2) is 37.9 Å².